The quantitative estimate of drug-likeness (QED) is 0.927. The summed E-state index contributed by atoms with van der Waals surface area (Å²) in [5, 5.41) is 5.54. The molecule has 1 aliphatic heterocycles. The fourth-order valence-electron chi connectivity index (χ4n) is 3.13. The van der Waals surface area contributed by atoms with E-state index in [1.54, 1.807) is 11.3 Å². The second-order valence-electron chi connectivity index (χ2n) is 5.95. The zero-order valence-electron chi connectivity index (χ0n) is 12.6. The van der Waals surface area contributed by atoms with E-state index in [1.807, 2.05) is 0 Å². The van der Waals surface area contributed by atoms with Gasteiger partial charge in [0.25, 0.3) is 0 Å². The van der Waals surface area contributed by atoms with E-state index in [0.717, 1.165) is 42.9 Å². The molecule has 4 rings (SSSR count). The van der Waals surface area contributed by atoms with Crippen LogP contribution in [0, 0.1) is 0 Å². The lowest BCUT2D eigenvalue weighted by Crippen LogP contribution is -2.36. The highest BCUT2D eigenvalue weighted by Gasteiger charge is 2.24. The molecular weight excluding hydrogens is 330 g/mol. The number of hydrogen-bond donors (Lipinski definition) is 1. The van der Waals surface area contributed by atoms with Gasteiger partial charge in [-0.1, -0.05) is 11.3 Å². The molecule has 1 aliphatic carbocycles. The fourth-order valence-corrected chi connectivity index (χ4v) is 5.01. The molecule has 1 amide bonds. The van der Waals surface area contributed by atoms with Crippen molar-refractivity contribution in [3.63, 3.8) is 0 Å². The van der Waals surface area contributed by atoms with E-state index < -0.39 is 0 Å². The summed E-state index contributed by atoms with van der Waals surface area (Å²) in [7, 11) is 0. The van der Waals surface area contributed by atoms with Crippen molar-refractivity contribution in [3.8, 4) is 0 Å². The Morgan fingerprint density at radius 2 is 2.26 bits per heavy atom. The van der Waals surface area contributed by atoms with Gasteiger partial charge in [-0.2, -0.15) is 0 Å². The van der Waals surface area contributed by atoms with Crippen molar-refractivity contribution < 1.29 is 9.59 Å². The van der Waals surface area contributed by atoms with Gasteiger partial charge >= 0.3 is 0 Å². The minimum Gasteiger partial charge on any atom is -0.301 e. The molecule has 120 valence electrons. The summed E-state index contributed by atoms with van der Waals surface area (Å²) in [5.74, 6) is 0.104. The topological polar surface area (TPSA) is 62.3 Å². The van der Waals surface area contributed by atoms with Gasteiger partial charge < -0.3 is 5.32 Å². The van der Waals surface area contributed by atoms with E-state index in [2.05, 4.69) is 26.6 Å². The summed E-state index contributed by atoms with van der Waals surface area (Å²) in [6.45, 7) is 2.11. The van der Waals surface area contributed by atoms with Crippen molar-refractivity contribution in [2.75, 3.05) is 18.4 Å². The van der Waals surface area contributed by atoms with Crippen molar-refractivity contribution in [1.82, 2.24) is 9.88 Å². The largest absolute Gasteiger partial charge is 0.301 e. The van der Waals surface area contributed by atoms with E-state index in [0.29, 0.717) is 18.1 Å². The molecule has 0 atom stereocenters. The van der Waals surface area contributed by atoms with Crippen molar-refractivity contribution in [3.05, 3.63) is 32.5 Å². The summed E-state index contributed by atoms with van der Waals surface area (Å²) in [6, 6.07) is 2.14. The maximum Gasteiger partial charge on any atom is 0.240 e. The SMILES string of the molecule is O=C(CN1CCc2sccc2C1)Nc1nc2c(s1)C(=O)CCC2. The number of aromatic nitrogens is 1. The smallest absolute Gasteiger partial charge is 0.240 e. The molecule has 1 N–H and O–H groups in total. The van der Waals surface area contributed by atoms with Crippen molar-refractivity contribution >= 4 is 39.5 Å². The lowest BCUT2D eigenvalue weighted by Gasteiger charge is -2.25. The predicted octanol–water partition coefficient (Wildman–Crippen LogP) is 2.72. The van der Waals surface area contributed by atoms with E-state index in [1.165, 1.54) is 21.8 Å². The molecule has 23 heavy (non-hydrogen) atoms. The number of fused-ring (bicyclic) bond motifs is 2. The first-order valence-corrected chi connectivity index (χ1v) is 9.49. The van der Waals surface area contributed by atoms with Crippen LogP contribution < -0.4 is 5.32 Å². The van der Waals surface area contributed by atoms with Crippen molar-refractivity contribution in [2.24, 2.45) is 0 Å². The number of hydrogen-bond acceptors (Lipinski definition) is 6. The number of aryl methyl sites for hydroxylation is 1. The number of thiazole rings is 1. The normalized spacial score (nSPS) is 17.7. The van der Waals surface area contributed by atoms with Crippen LogP contribution in [0.3, 0.4) is 0 Å². The van der Waals surface area contributed by atoms with E-state index in [4.69, 9.17) is 0 Å². The second-order valence-corrected chi connectivity index (χ2v) is 7.95. The zero-order chi connectivity index (χ0) is 15.8. The Hall–Kier alpha value is -1.57. The third-order valence-electron chi connectivity index (χ3n) is 4.27. The molecule has 2 aromatic rings. The van der Waals surface area contributed by atoms with Gasteiger partial charge in [0.1, 0.15) is 0 Å². The van der Waals surface area contributed by atoms with Crippen LogP contribution in [0.1, 0.15) is 38.6 Å². The molecule has 0 saturated heterocycles. The van der Waals surface area contributed by atoms with Gasteiger partial charge in [0, 0.05) is 24.4 Å². The molecule has 0 bridgehead atoms. The molecule has 0 fully saturated rings. The number of nitrogens with zero attached hydrogens (tertiary/aromatic N) is 2. The Balaban J connectivity index is 1.38. The summed E-state index contributed by atoms with van der Waals surface area (Å²) >= 11 is 3.11. The summed E-state index contributed by atoms with van der Waals surface area (Å²) in [4.78, 5) is 32.8. The Morgan fingerprint density at radius 3 is 3.13 bits per heavy atom. The number of rotatable bonds is 3. The number of Topliss-reactive ketones (excluding diaryl/α,β-unsaturated/α-hetero) is 1. The summed E-state index contributed by atoms with van der Waals surface area (Å²) < 4.78 is 0. The van der Waals surface area contributed by atoms with E-state index in [-0.39, 0.29) is 11.7 Å². The third-order valence-corrected chi connectivity index (χ3v) is 6.35. The average Bonchev–Trinajstić information content (AvgIpc) is 3.13. The fraction of sp³-hybridized carbons (Fsp3) is 0.438. The number of carbonyl (C=O) groups excluding carboxylic acids is 2. The Bertz CT molecular complexity index is 765. The van der Waals surface area contributed by atoms with Gasteiger partial charge in [-0.25, -0.2) is 4.98 Å². The lowest BCUT2D eigenvalue weighted by atomic mass is 10.0. The number of ketones is 1. The predicted molar refractivity (Wildman–Crippen MR) is 91.3 cm³/mol. The standard InChI is InChI=1S/C16H17N3O2S2/c20-12-3-1-2-11-15(12)23-16(17-11)18-14(21)9-19-6-4-13-10(8-19)5-7-22-13/h5,7H,1-4,6,8-9H2,(H,17,18,21). The highest BCUT2D eigenvalue weighted by atomic mass is 32.1. The molecule has 0 spiro atoms. The molecular formula is C16H17N3O2S2. The number of amides is 1. The van der Waals surface area contributed by atoms with Crippen LogP contribution in [-0.4, -0.2) is 34.7 Å². The molecule has 5 nitrogen and oxygen atoms in total. The van der Waals surface area contributed by atoms with Gasteiger partial charge in [0.2, 0.25) is 5.91 Å². The Kier molecular flexibility index (Phi) is 4.00. The molecule has 0 saturated carbocycles. The monoisotopic (exact) mass is 347 g/mol. The first kappa shape index (κ1) is 15.0. The van der Waals surface area contributed by atoms with Crippen LogP contribution in [0.5, 0.6) is 0 Å². The maximum atomic E-state index is 12.3. The highest BCUT2D eigenvalue weighted by Crippen LogP contribution is 2.29. The molecule has 0 aromatic carbocycles. The van der Waals surface area contributed by atoms with Crippen LogP contribution in [0.4, 0.5) is 5.13 Å². The van der Waals surface area contributed by atoms with Crippen molar-refractivity contribution in [2.45, 2.75) is 32.2 Å². The van der Waals surface area contributed by atoms with Crippen LogP contribution in [0.2, 0.25) is 0 Å². The second kappa shape index (κ2) is 6.14. The maximum absolute atomic E-state index is 12.3. The van der Waals surface area contributed by atoms with Crippen LogP contribution in [0.15, 0.2) is 11.4 Å². The molecule has 0 radical (unpaired) electrons. The zero-order valence-corrected chi connectivity index (χ0v) is 14.3. The van der Waals surface area contributed by atoms with Crippen LogP contribution in [-0.2, 0) is 24.2 Å². The number of anilines is 1. The van der Waals surface area contributed by atoms with Gasteiger partial charge in [-0.15, -0.1) is 11.3 Å². The Morgan fingerprint density at radius 1 is 1.35 bits per heavy atom. The minimum absolute atomic E-state index is 0.0535. The molecule has 2 aliphatic rings. The van der Waals surface area contributed by atoms with E-state index >= 15 is 0 Å². The van der Waals surface area contributed by atoms with Gasteiger partial charge in [-0.05, 0) is 36.3 Å². The number of nitrogens with one attached hydrogen (secondary N) is 1. The number of thiophene rings is 1. The van der Waals surface area contributed by atoms with E-state index in [9.17, 15) is 9.59 Å². The van der Waals surface area contributed by atoms with Crippen LogP contribution in [0.25, 0.3) is 0 Å². The first-order chi connectivity index (χ1) is 11.2. The molecule has 2 aromatic heterocycles. The minimum atomic E-state index is -0.0535. The molecule has 0 unspecified atom stereocenters. The lowest BCUT2D eigenvalue weighted by molar-refractivity contribution is -0.117. The van der Waals surface area contributed by atoms with Gasteiger partial charge in [0.15, 0.2) is 10.9 Å². The summed E-state index contributed by atoms with van der Waals surface area (Å²) in [5.41, 5.74) is 2.19. The highest BCUT2D eigenvalue weighted by molar-refractivity contribution is 7.17. The molecule has 7 heteroatoms. The van der Waals surface area contributed by atoms with Gasteiger partial charge in [-0.3, -0.25) is 14.5 Å². The first-order valence-electron chi connectivity index (χ1n) is 7.79. The summed E-state index contributed by atoms with van der Waals surface area (Å²) in [6.07, 6.45) is 3.31. The Labute approximate surface area is 142 Å². The van der Waals surface area contributed by atoms with Crippen LogP contribution >= 0.6 is 22.7 Å². The molecule has 3 heterocycles. The van der Waals surface area contributed by atoms with Crippen molar-refractivity contribution in [1.29, 1.82) is 0 Å². The van der Waals surface area contributed by atoms with Gasteiger partial charge in [0.05, 0.1) is 17.1 Å². The average molecular weight is 347 g/mol. The third kappa shape index (κ3) is 3.08. The number of carbonyl (C=O) groups is 2.